The summed E-state index contributed by atoms with van der Waals surface area (Å²) in [7, 11) is 3.59. The molecule has 2 aromatic rings. The second-order valence-corrected chi connectivity index (χ2v) is 5.98. The number of methoxy groups -OCH3 is 1. The third-order valence-corrected chi connectivity index (χ3v) is 4.54. The smallest absolute Gasteiger partial charge is 0.226 e. The number of imidazole rings is 1. The lowest BCUT2D eigenvalue weighted by Gasteiger charge is -2.27. The Bertz CT molecular complexity index is 710. The summed E-state index contributed by atoms with van der Waals surface area (Å²) in [4.78, 5) is 17.0. The van der Waals surface area contributed by atoms with E-state index in [1.54, 1.807) is 7.11 Å². The van der Waals surface area contributed by atoms with Gasteiger partial charge in [-0.05, 0) is 31.9 Å². The van der Waals surface area contributed by atoms with Crippen LogP contribution in [0.1, 0.15) is 25.6 Å². The number of carbonyl (C=O) groups is 1. The number of carbonyl (C=O) groups excluding carboxylic acids is 1. The number of nitrogens with one attached hydrogen (secondary N) is 1. The molecule has 6 heteroatoms. The van der Waals surface area contributed by atoms with Gasteiger partial charge >= 0.3 is 0 Å². The van der Waals surface area contributed by atoms with Gasteiger partial charge in [-0.2, -0.15) is 0 Å². The van der Waals surface area contributed by atoms with Gasteiger partial charge in [-0.1, -0.05) is 0 Å². The van der Waals surface area contributed by atoms with Crippen LogP contribution in [0.15, 0.2) is 18.2 Å². The van der Waals surface area contributed by atoms with Gasteiger partial charge in [0, 0.05) is 19.7 Å². The van der Waals surface area contributed by atoms with Crippen molar-refractivity contribution in [3.63, 3.8) is 0 Å². The van der Waals surface area contributed by atoms with Crippen molar-refractivity contribution in [2.45, 2.75) is 32.4 Å². The second kappa shape index (κ2) is 6.58. The molecule has 1 saturated heterocycles. The number of ether oxygens (including phenoxy) is 2. The summed E-state index contributed by atoms with van der Waals surface area (Å²) < 4.78 is 12.8. The Labute approximate surface area is 135 Å². The lowest BCUT2D eigenvalue weighted by molar-refractivity contribution is -0.133. The number of rotatable bonds is 4. The third-order valence-electron chi connectivity index (χ3n) is 4.54. The fourth-order valence-corrected chi connectivity index (χ4v) is 3.08. The van der Waals surface area contributed by atoms with Crippen molar-refractivity contribution in [1.82, 2.24) is 14.9 Å². The van der Waals surface area contributed by atoms with Crippen LogP contribution in [0.4, 0.5) is 0 Å². The number of hydrogen-bond donors (Lipinski definition) is 1. The monoisotopic (exact) mass is 317 g/mol. The van der Waals surface area contributed by atoms with E-state index in [4.69, 9.17) is 9.47 Å². The summed E-state index contributed by atoms with van der Waals surface area (Å²) in [5, 5.41) is 3.00. The number of amides is 1. The molecule has 1 fully saturated rings. The van der Waals surface area contributed by atoms with Crippen molar-refractivity contribution in [2.75, 3.05) is 13.7 Å². The van der Waals surface area contributed by atoms with Gasteiger partial charge in [0.15, 0.2) is 0 Å². The van der Waals surface area contributed by atoms with Crippen LogP contribution in [0.2, 0.25) is 0 Å². The fourth-order valence-electron chi connectivity index (χ4n) is 3.08. The van der Waals surface area contributed by atoms with Crippen LogP contribution in [0.25, 0.3) is 11.0 Å². The second-order valence-electron chi connectivity index (χ2n) is 5.98. The van der Waals surface area contributed by atoms with Crippen molar-refractivity contribution in [1.29, 1.82) is 0 Å². The van der Waals surface area contributed by atoms with E-state index >= 15 is 0 Å². The van der Waals surface area contributed by atoms with Gasteiger partial charge in [0.25, 0.3) is 0 Å². The van der Waals surface area contributed by atoms with Crippen LogP contribution in [0.5, 0.6) is 5.75 Å². The Kier molecular flexibility index (Phi) is 4.52. The first kappa shape index (κ1) is 15.8. The lowest BCUT2D eigenvalue weighted by atomic mass is 9.94. The number of nitrogens with zero attached hydrogens (tertiary/aromatic N) is 2. The minimum absolute atomic E-state index is 0.0199. The quantitative estimate of drug-likeness (QED) is 0.937. The predicted octanol–water partition coefficient (Wildman–Crippen LogP) is 2.01. The van der Waals surface area contributed by atoms with E-state index in [1.807, 2.05) is 36.7 Å². The minimum atomic E-state index is -0.0708. The minimum Gasteiger partial charge on any atom is -0.497 e. The van der Waals surface area contributed by atoms with E-state index in [1.165, 1.54) is 0 Å². The van der Waals surface area contributed by atoms with Gasteiger partial charge in [-0.3, -0.25) is 4.79 Å². The molecule has 1 aliphatic rings. The molecule has 1 N–H and O–H groups in total. The first-order valence-electron chi connectivity index (χ1n) is 7.99. The first-order valence-corrected chi connectivity index (χ1v) is 7.99. The Morgan fingerprint density at radius 3 is 3.09 bits per heavy atom. The largest absolute Gasteiger partial charge is 0.497 e. The Balaban J connectivity index is 1.71. The Hall–Kier alpha value is -2.08. The molecule has 0 bridgehead atoms. The highest BCUT2D eigenvalue weighted by Crippen LogP contribution is 2.22. The van der Waals surface area contributed by atoms with Crippen LogP contribution in [-0.4, -0.2) is 35.3 Å². The van der Waals surface area contributed by atoms with Crippen LogP contribution in [0.3, 0.4) is 0 Å². The first-order chi connectivity index (χ1) is 11.1. The molecule has 23 heavy (non-hydrogen) atoms. The molecule has 0 aliphatic carbocycles. The summed E-state index contributed by atoms with van der Waals surface area (Å²) in [5.41, 5.74) is 1.88. The summed E-state index contributed by atoms with van der Waals surface area (Å²) in [6, 6.07) is 5.79. The van der Waals surface area contributed by atoms with Gasteiger partial charge in [0.05, 0.1) is 36.7 Å². The molecule has 0 saturated carbocycles. The predicted molar refractivity (Wildman–Crippen MR) is 87.3 cm³/mol. The zero-order chi connectivity index (χ0) is 16.4. The molecule has 1 amide bonds. The topological polar surface area (TPSA) is 65.4 Å². The molecule has 0 spiro atoms. The standard InChI is InChI=1S/C17H23N3O3/c1-11-13(5-4-8-23-11)17(21)18-10-16-19-14-9-12(22-3)6-7-15(14)20(16)2/h6-7,9,11,13H,4-5,8,10H2,1-3H3,(H,18,21). The zero-order valence-corrected chi connectivity index (χ0v) is 13.8. The molecule has 1 aliphatic heterocycles. The van der Waals surface area contributed by atoms with Crippen molar-refractivity contribution in [2.24, 2.45) is 13.0 Å². The lowest BCUT2D eigenvalue weighted by Crippen LogP contribution is -2.40. The van der Waals surface area contributed by atoms with Gasteiger partial charge in [-0.25, -0.2) is 4.98 Å². The van der Waals surface area contributed by atoms with E-state index in [0.717, 1.165) is 42.1 Å². The molecule has 2 unspecified atom stereocenters. The van der Waals surface area contributed by atoms with Gasteiger partial charge in [-0.15, -0.1) is 0 Å². The highest BCUT2D eigenvalue weighted by molar-refractivity contribution is 5.80. The van der Waals surface area contributed by atoms with Crippen LogP contribution >= 0.6 is 0 Å². The van der Waals surface area contributed by atoms with Crippen LogP contribution in [-0.2, 0) is 23.1 Å². The molecule has 124 valence electrons. The molecule has 2 heterocycles. The molecule has 6 nitrogen and oxygen atoms in total. The summed E-state index contributed by atoms with van der Waals surface area (Å²) in [6.45, 7) is 3.12. The van der Waals surface area contributed by atoms with Gasteiger partial charge in [0.2, 0.25) is 5.91 Å². The summed E-state index contributed by atoms with van der Waals surface area (Å²) >= 11 is 0. The van der Waals surface area contributed by atoms with Gasteiger partial charge < -0.3 is 19.4 Å². The molecule has 3 rings (SSSR count). The number of benzene rings is 1. The van der Waals surface area contributed by atoms with Crippen molar-refractivity contribution in [3.05, 3.63) is 24.0 Å². The highest BCUT2D eigenvalue weighted by Gasteiger charge is 2.28. The van der Waals surface area contributed by atoms with Crippen molar-refractivity contribution < 1.29 is 14.3 Å². The van der Waals surface area contributed by atoms with E-state index in [2.05, 4.69) is 10.3 Å². The molecule has 1 aromatic carbocycles. The Morgan fingerprint density at radius 2 is 2.35 bits per heavy atom. The average molecular weight is 317 g/mol. The fraction of sp³-hybridized carbons (Fsp3) is 0.529. The molecule has 2 atom stereocenters. The Morgan fingerprint density at radius 1 is 1.52 bits per heavy atom. The average Bonchev–Trinajstić information content (AvgIpc) is 2.88. The maximum absolute atomic E-state index is 12.4. The van der Waals surface area contributed by atoms with E-state index in [9.17, 15) is 4.79 Å². The van der Waals surface area contributed by atoms with Crippen molar-refractivity contribution in [3.8, 4) is 5.75 Å². The molecule has 1 aromatic heterocycles. The molecular weight excluding hydrogens is 294 g/mol. The van der Waals surface area contributed by atoms with Crippen LogP contribution in [0, 0.1) is 5.92 Å². The molecular formula is C17H23N3O3. The number of fused-ring (bicyclic) bond motifs is 1. The van der Waals surface area contributed by atoms with E-state index < -0.39 is 0 Å². The van der Waals surface area contributed by atoms with Crippen LogP contribution < -0.4 is 10.1 Å². The maximum atomic E-state index is 12.4. The highest BCUT2D eigenvalue weighted by atomic mass is 16.5. The van der Waals surface area contributed by atoms with E-state index in [0.29, 0.717) is 6.54 Å². The zero-order valence-electron chi connectivity index (χ0n) is 13.8. The summed E-state index contributed by atoms with van der Waals surface area (Å²) in [5.74, 6) is 1.57. The number of hydrogen-bond acceptors (Lipinski definition) is 4. The third kappa shape index (κ3) is 3.17. The maximum Gasteiger partial charge on any atom is 0.226 e. The molecule has 0 radical (unpaired) electrons. The summed E-state index contributed by atoms with van der Waals surface area (Å²) in [6.07, 6.45) is 1.80. The van der Waals surface area contributed by atoms with E-state index in [-0.39, 0.29) is 17.9 Å². The number of aryl methyl sites for hydroxylation is 1. The van der Waals surface area contributed by atoms with Gasteiger partial charge in [0.1, 0.15) is 11.6 Å². The number of aromatic nitrogens is 2. The normalized spacial score (nSPS) is 21.3. The van der Waals surface area contributed by atoms with Crippen molar-refractivity contribution >= 4 is 16.9 Å². The SMILES string of the molecule is COc1ccc2c(c1)nc(CNC(=O)C1CCCOC1C)n2C.